The summed E-state index contributed by atoms with van der Waals surface area (Å²) in [4.78, 5) is 28.4. The highest BCUT2D eigenvalue weighted by Gasteiger charge is 2.31. The van der Waals surface area contributed by atoms with Crippen LogP contribution in [0.15, 0.2) is 24.3 Å². The van der Waals surface area contributed by atoms with Crippen molar-refractivity contribution in [3.8, 4) is 0 Å². The molecule has 0 aromatic heterocycles. The number of likely N-dealkylation sites (tertiary alicyclic amines) is 1. The number of amides is 2. The van der Waals surface area contributed by atoms with Crippen molar-refractivity contribution < 1.29 is 9.59 Å². The number of piperazine rings is 1. The predicted molar refractivity (Wildman–Crippen MR) is 96.6 cm³/mol. The Balaban J connectivity index is 0.00000208. The van der Waals surface area contributed by atoms with Crippen molar-refractivity contribution in [2.24, 2.45) is 0 Å². The fraction of sp³-hybridized carbons (Fsp3) is 0.529. The lowest BCUT2D eigenvalue weighted by atomic mass is 10.0. The minimum Gasteiger partial charge on any atom is -0.340 e. The van der Waals surface area contributed by atoms with Crippen molar-refractivity contribution in [3.63, 3.8) is 0 Å². The highest BCUT2D eigenvalue weighted by atomic mass is 35.5. The number of rotatable bonds is 3. The Bertz CT molecular complexity index is 597. The van der Waals surface area contributed by atoms with Crippen LogP contribution in [-0.4, -0.2) is 60.4 Å². The quantitative estimate of drug-likeness (QED) is 0.879. The zero-order valence-electron chi connectivity index (χ0n) is 13.5. The molecule has 2 aliphatic rings. The number of piperidine rings is 1. The Kier molecular flexibility index (Phi) is 6.90. The lowest BCUT2D eigenvalue weighted by molar-refractivity contribution is -0.140. The molecule has 3 rings (SSSR count). The maximum absolute atomic E-state index is 12.6. The highest BCUT2D eigenvalue weighted by molar-refractivity contribution is 6.31. The molecule has 2 saturated heterocycles. The average Bonchev–Trinajstić information content (AvgIpc) is 2.57. The van der Waals surface area contributed by atoms with Gasteiger partial charge >= 0.3 is 0 Å². The van der Waals surface area contributed by atoms with Gasteiger partial charge in [0.05, 0.1) is 13.0 Å². The van der Waals surface area contributed by atoms with Gasteiger partial charge in [0.25, 0.3) is 0 Å². The third-order valence-electron chi connectivity index (χ3n) is 4.62. The van der Waals surface area contributed by atoms with Crippen LogP contribution in [0, 0.1) is 0 Å². The number of benzene rings is 1. The van der Waals surface area contributed by atoms with E-state index in [4.69, 9.17) is 11.6 Å². The van der Waals surface area contributed by atoms with Crippen LogP contribution in [-0.2, 0) is 16.0 Å². The van der Waals surface area contributed by atoms with E-state index in [1.807, 2.05) is 34.1 Å². The van der Waals surface area contributed by atoms with Crippen molar-refractivity contribution in [3.05, 3.63) is 34.9 Å². The van der Waals surface area contributed by atoms with Gasteiger partial charge in [-0.1, -0.05) is 29.8 Å². The summed E-state index contributed by atoms with van der Waals surface area (Å²) < 4.78 is 0. The van der Waals surface area contributed by atoms with E-state index in [1.165, 1.54) is 0 Å². The summed E-state index contributed by atoms with van der Waals surface area (Å²) in [5.74, 6) is 0.229. The van der Waals surface area contributed by atoms with Crippen LogP contribution in [0.25, 0.3) is 0 Å². The van der Waals surface area contributed by atoms with Crippen molar-refractivity contribution in [2.45, 2.75) is 25.3 Å². The lowest BCUT2D eigenvalue weighted by Crippen LogP contribution is -2.57. The van der Waals surface area contributed by atoms with E-state index in [-0.39, 0.29) is 30.3 Å². The minimum absolute atomic E-state index is 0. The van der Waals surface area contributed by atoms with Crippen LogP contribution >= 0.6 is 24.0 Å². The van der Waals surface area contributed by atoms with E-state index < -0.39 is 0 Å². The van der Waals surface area contributed by atoms with E-state index >= 15 is 0 Å². The third-order valence-corrected chi connectivity index (χ3v) is 4.98. The molecule has 5 nitrogen and oxygen atoms in total. The van der Waals surface area contributed by atoms with Gasteiger partial charge in [-0.3, -0.25) is 9.59 Å². The Hall–Kier alpha value is -1.30. The maximum atomic E-state index is 12.6. The number of carbonyl (C=O) groups excluding carboxylic acids is 2. The molecule has 24 heavy (non-hydrogen) atoms. The zero-order valence-corrected chi connectivity index (χ0v) is 15.1. The number of hydrogen-bond donors (Lipinski definition) is 1. The van der Waals surface area contributed by atoms with Crippen LogP contribution < -0.4 is 5.32 Å². The standard InChI is InChI=1S/C17H22ClN3O2.ClH/c18-15-6-2-1-4-13(15)10-16(22)20-8-3-5-14(12-20)21-9-7-19-11-17(21)23;/h1-2,4,6,14,19H,3,5,7-12H2;1H. The van der Waals surface area contributed by atoms with Crippen LogP contribution in [0.1, 0.15) is 18.4 Å². The van der Waals surface area contributed by atoms with E-state index in [1.54, 1.807) is 0 Å². The van der Waals surface area contributed by atoms with Gasteiger partial charge in [-0.2, -0.15) is 0 Å². The van der Waals surface area contributed by atoms with E-state index in [0.29, 0.717) is 24.5 Å². The largest absolute Gasteiger partial charge is 0.340 e. The summed E-state index contributed by atoms with van der Waals surface area (Å²) in [5.41, 5.74) is 0.861. The van der Waals surface area contributed by atoms with Crippen molar-refractivity contribution in [1.82, 2.24) is 15.1 Å². The first-order chi connectivity index (χ1) is 11.1. The Labute approximate surface area is 153 Å². The fourth-order valence-corrected chi connectivity index (χ4v) is 3.56. The van der Waals surface area contributed by atoms with Gasteiger partial charge in [0.2, 0.25) is 11.8 Å². The second-order valence-corrected chi connectivity index (χ2v) is 6.58. The van der Waals surface area contributed by atoms with Gasteiger partial charge in [0.15, 0.2) is 0 Å². The monoisotopic (exact) mass is 371 g/mol. The molecule has 0 radical (unpaired) electrons. The molecule has 0 bridgehead atoms. The number of nitrogens with zero attached hydrogens (tertiary/aromatic N) is 2. The predicted octanol–water partition coefficient (Wildman–Crippen LogP) is 1.73. The zero-order chi connectivity index (χ0) is 16.2. The molecule has 1 unspecified atom stereocenters. The molecule has 2 amide bonds. The Morgan fingerprint density at radius 3 is 2.83 bits per heavy atom. The van der Waals surface area contributed by atoms with Gasteiger partial charge in [0, 0.05) is 37.2 Å². The number of nitrogens with one attached hydrogen (secondary N) is 1. The second-order valence-electron chi connectivity index (χ2n) is 6.17. The molecule has 1 aromatic carbocycles. The molecule has 1 aromatic rings. The first-order valence-corrected chi connectivity index (χ1v) is 8.54. The SMILES string of the molecule is Cl.O=C(Cc1ccccc1Cl)N1CCCC(N2CCNCC2=O)C1. The van der Waals surface area contributed by atoms with Crippen molar-refractivity contribution in [2.75, 3.05) is 32.7 Å². The Morgan fingerprint density at radius 1 is 1.29 bits per heavy atom. The van der Waals surface area contributed by atoms with Gasteiger partial charge in [0.1, 0.15) is 0 Å². The molecule has 132 valence electrons. The third kappa shape index (κ3) is 4.41. The summed E-state index contributed by atoms with van der Waals surface area (Å²) in [6, 6.07) is 7.61. The Morgan fingerprint density at radius 2 is 2.08 bits per heavy atom. The van der Waals surface area contributed by atoms with E-state index in [9.17, 15) is 9.59 Å². The fourth-order valence-electron chi connectivity index (χ4n) is 3.36. The summed E-state index contributed by atoms with van der Waals surface area (Å²) in [6.07, 6.45) is 2.24. The van der Waals surface area contributed by atoms with E-state index in [0.717, 1.165) is 38.0 Å². The molecule has 2 heterocycles. The minimum atomic E-state index is 0. The van der Waals surface area contributed by atoms with Crippen LogP contribution in [0.4, 0.5) is 0 Å². The van der Waals surface area contributed by atoms with Crippen LogP contribution in [0.5, 0.6) is 0 Å². The molecule has 1 atom stereocenters. The lowest BCUT2D eigenvalue weighted by Gasteiger charge is -2.41. The van der Waals surface area contributed by atoms with Crippen LogP contribution in [0.2, 0.25) is 5.02 Å². The maximum Gasteiger partial charge on any atom is 0.236 e. The first-order valence-electron chi connectivity index (χ1n) is 8.16. The smallest absolute Gasteiger partial charge is 0.236 e. The normalized spacial score (nSPS) is 21.4. The molecule has 0 saturated carbocycles. The molecule has 0 spiro atoms. The number of halogens is 2. The topological polar surface area (TPSA) is 52.7 Å². The van der Waals surface area contributed by atoms with E-state index in [2.05, 4.69) is 5.32 Å². The van der Waals surface area contributed by atoms with Gasteiger partial charge in [-0.15, -0.1) is 12.4 Å². The highest BCUT2D eigenvalue weighted by Crippen LogP contribution is 2.20. The summed E-state index contributed by atoms with van der Waals surface area (Å²) in [6.45, 7) is 3.37. The van der Waals surface area contributed by atoms with Crippen LogP contribution in [0.3, 0.4) is 0 Å². The second kappa shape index (κ2) is 8.70. The number of hydrogen-bond acceptors (Lipinski definition) is 3. The average molecular weight is 372 g/mol. The van der Waals surface area contributed by atoms with Gasteiger partial charge in [-0.05, 0) is 24.5 Å². The molecular formula is C17H23Cl2N3O2. The van der Waals surface area contributed by atoms with Crippen molar-refractivity contribution >= 4 is 35.8 Å². The molecule has 7 heteroatoms. The molecule has 0 aliphatic carbocycles. The summed E-state index contributed by atoms with van der Waals surface area (Å²) >= 11 is 6.15. The summed E-state index contributed by atoms with van der Waals surface area (Å²) in [7, 11) is 0. The molecular weight excluding hydrogens is 349 g/mol. The molecule has 2 aliphatic heterocycles. The molecule has 1 N–H and O–H groups in total. The number of carbonyl (C=O) groups is 2. The van der Waals surface area contributed by atoms with Crippen molar-refractivity contribution in [1.29, 1.82) is 0 Å². The molecule has 2 fully saturated rings. The summed E-state index contributed by atoms with van der Waals surface area (Å²) in [5, 5.41) is 3.72. The first kappa shape index (κ1) is 19.0. The van der Waals surface area contributed by atoms with Gasteiger partial charge < -0.3 is 15.1 Å². The van der Waals surface area contributed by atoms with Gasteiger partial charge in [-0.25, -0.2) is 0 Å².